The van der Waals surface area contributed by atoms with Gasteiger partial charge in [-0.25, -0.2) is 0 Å². The van der Waals surface area contributed by atoms with Crippen molar-refractivity contribution in [1.82, 2.24) is 0 Å². The Hall–Kier alpha value is -2.10. The Morgan fingerprint density at radius 2 is 1.21 bits per heavy atom. The maximum atomic E-state index is 6.36. The van der Waals surface area contributed by atoms with Crippen LogP contribution in [0.1, 0.15) is 54.0 Å². The fraction of sp³-hybridized carbons (Fsp3) is 0.385. The van der Waals surface area contributed by atoms with Crippen LogP contribution in [0.2, 0.25) is 0 Å². The summed E-state index contributed by atoms with van der Waals surface area (Å²) in [7, 11) is -0.364. The summed E-state index contributed by atoms with van der Waals surface area (Å²) in [5.41, 5.74) is 4.36. The Bertz CT molecular complexity index is 1040. The maximum absolute atomic E-state index is 6.36. The molecule has 0 spiro atoms. The van der Waals surface area contributed by atoms with Gasteiger partial charge in [-0.1, -0.05) is 81.4 Å². The molecule has 150 valence electrons. The smallest absolute Gasteiger partial charge is 0.399 e. The molecule has 0 amide bonds. The van der Waals surface area contributed by atoms with E-state index in [0.717, 1.165) is 5.46 Å². The van der Waals surface area contributed by atoms with Crippen LogP contribution in [0.4, 0.5) is 0 Å². The monoisotopic (exact) mass is 386 g/mol. The molecule has 0 aromatic heterocycles. The van der Waals surface area contributed by atoms with E-state index in [1.807, 2.05) is 0 Å². The third-order valence-corrected chi connectivity index (χ3v) is 6.49. The molecule has 4 rings (SSSR count). The maximum Gasteiger partial charge on any atom is 0.495 e. The molecule has 1 fully saturated rings. The molecule has 0 saturated carbocycles. The summed E-state index contributed by atoms with van der Waals surface area (Å²) in [4.78, 5) is 0. The minimum atomic E-state index is -0.364. The Morgan fingerprint density at radius 1 is 0.655 bits per heavy atom. The van der Waals surface area contributed by atoms with Crippen LogP contribution < -0.4 is 5.46 Å². The highest BCUT2D eigenvalue weighted by Crippen LogP contribution is 2.39. The predicted octanol–water partition coefficient (Wildman–Crippen LogP) is 6.10. The molecule has 3 aromatic carbocycles. The first kappa shape index (κ1) is 20.2. The largest absolute Gasteiger partial charge is 0.495 e. The van der Waals surface area contributed by atoms with E-state index in [-0.39, 0.29) is 23.7 Å². The zero-order chi connectivity index (χ0) is 21.0. The van der Waals surface area contributed by atoms with Gasteiger partial charge in [0, 0.05) is 0 Å². The van der Waals surface area contributed by atoms with Gasteiger partial charge < -0.3 is 9.31 Å². The highest BCUT2D eigenvalue weighted by atomic mass is 16.7. The summed E-state index contributed by atoms with van der Waals surface area (Å²) < 4.78 is 12.7. The molecular weight excluding hydrogens is 355 g/mol. The lowest BCUT2D eigenvalue weighted by atomic mass is 9.74. The summed E-state index contributed by atoms with van der Waals surface area (Å²) in [6, 6.07) is 21.7. The second-order valence-corrected chi connectivity index (χ2v) is 10.1. The van der Waals surface area contributed by atoms with E-state index in [0.29, 0.717) is 0 Å². The molecule has 0 atom stereocenters. The highest BCUT2D eigenvalue weighted by molar-refractivity contribution is 6.65. The summed E-state index contributed by atoms with van der Waals surface area (Å²) in [5.74, 6) is 0. The van der Waals surface area contributed by atoms with Gasteiger partial charge in [0.05, 0.1) is 11.2 Å². The first-order valence-corrected chi connectivity index (χ1v) is 10.5. The van der Waals surface area contributed by atoms with Crippen molar-refractivity contribution < 1.29 is 9.31 Å². The van der Waals surface area contributed by atoms with Crippen LogP contribution in [0.25, 0.3) is 21.9 Å². The van der Waals surface area contributed by atoms with Crippen LogP contribution in [-0.2, 0) is 14.7 Å². The number of hydrogen-bond donors (Lipinski definition) is 0. The molecule has 0 N–H and O–H groups in total. The number of fused-ring (bicyclic) bond motifs is 1. The molecule has 2 nitrogen and oxygen atoms in total. The van der Waals surface area contributed by atoms with Crippen molar-refractivity contribution in [3.05, 3.63) is 66.2 Å². The van der Waals surface area contributed by atoms with E-state index in [2.05, 4.69) is 109 Å². The Balaban J connectivity index is 1.90. The van der Waals surface area contributed by atoms with Crippen molar-refractivity contribution in [1.29, 1.82) is 0 Å². The minimum Gasteiger partial charge on any atom is -0.399 e. The lowest BCUT2D eigenvalue weighted by Gasteiger charge is -2.32. The average molecular weight is 386 g/mol. The van der Waals surface area contributed by atoms with Gasteiger partial charge >= 0.3 is 7.12 Å². The number of rotatable bonds is 2. The van der Waals surface area contributed by atoms with E-state index in [1.54, 1.807) is 0 Å². The van der Waals surface area contributed by atoms with Crippen LogP contribution in [-0.4, -0.2) is 18.3 Å². The topological polar surface area (TPSA) is 18.5 Å². The van der Waals surface area contributed by atoms with Crippen molar-refractivity contribution in [3.63, 3.8) is 0 Å². The quantitative estimate of drug-likeness (QED) is 0.495. The van der Waals surface area contributed by atoms with Crippen LogP contribution in [0.5, 0.6) is 0 Å². The van der Waals surface area contributed by atoms with Crippen molar-refractivity contribution >= 4 is 23.4 Å². The lowest BCUT2D eigenvalue weighted by molar-refractivity contribution is 0.00578. The van der Waals surface area contributed by atoms with Crippen molar-refractivity contribution in [2.45, 2.75) is 65.1 Å². The van der Waals surface area contributed by atoms with Gasteiger partial charge in [0.1, 0.15) is 0 Å². The third-order valence-electron chi connectivity index (χ3n) is 6.49. The standard InChI is InChI=1S/C26H31BO2/c1-24(2,3)22-15-11-10-13-20(22)19-16-17-23(21-14-9-8-12-18(19)21)27-28-25(4,5)26(6,7)29-27/h8-17H,1-7H3. The zero-order valence-corrected chi connectivity index (χ0v) is 18.7. The van der Waals surface area contributed by atoms with E-state index >= 15 is 0 Å². The van der Waals surface area contributed by atoms with Crippen LogP contribution >= 0.6 is 0 Å². The fourth-order valence-electron chi connectivity index (χ4n) is 4.10. The summed E-state index contributed by atoms with van der Waals surface area (Å²) in [6.45, 7) is 15.2. The van der Waals surface area contributed by atoms with Crippen molar-refractivity contribution in [3.8, 4) is 11.1 Å². The Morgan fingerprint density at radius 3 is 1.83 bits per heavy atom. The van der Waals surface area contributed by atoms with Crippen LogP contribution in [0, 0.1) is 0 Å². The molecule has 1 saturated heterocycles. The molecular formula is C26H31BO2. The minimum absolute atomic E-state index is 0.0715. The van der Waals surface area contributed by atoms with E-state index < -0.39 is 0 Å². The molecule has 0 aliphatic carbocycles. The molecule has 0 radical (unpaired) electrons. The fourth-order valence-corrected chi connectivity index (χ4v) is 4.10. The molecule has 1 aliphatic rings. The molecule has 0 bridgehead atoms. The van der Waals surface area contributed by atoms with E-state index in [1.165, 1.54) is 27.5 Å². The molecule has 3 aromatic rings. The molecule has 0 unspecified atom stereocenters. The lowest BCUT2D eigenvalue weighted by Crippen LogP contribution is -2.41. The van der Waals surface area contributed by atoms with E-state index in [9.17, 15) is 0 Å². The normalized spacial score (nSPS) is 18.4. The average Bonchev–Trinajstić information content (AvgIpc) is 2.87. The van der Waals surface area contributed by atoms with Gasteiger partial charge in [-0.05, 0) is 66.0 Å². The number of benzene rings is 3. The summed E-state index contributed by atoms with van der Waals surface area (Å²) >= 11 is 0. The second-order valence-electron chi connectivity index (χ2n) is 10.1. The van der Waals surface area contributed by atoms with Gasteiger partial charge in [0.2, 0.25) is 0 Å². The first-order valence-electron chi connectivity index (χ1n) is 10.5. The SMILES string of the molecule is CC(C)(C)c1ccccc1-c1ccc(B2OC(C)(C)C(C)(C)O2)c2ccccc12. The molecule has 1 heterocycles. The van der Waals surface area contributed by atoms with Crippen LogP contribution in [0.15, 0.2) is 60.7 Å². The van der Waals surface area contributed by atoms with Crippen molar-refractivity contribution in [2.75, 3.05) is 0 Å². The molecule has 29 heavy (non-hydrogen) atoms. The summed E-state index contributed by atoms with van der Waals surface area (Å²) in [5, 5.41) is 2.42. The van der Waals surface area contributed by atoms with Crippen LogP contribution in [0.3, 0.4) is 0 Å². The van der Waals surface area contributed by atoms with Gasteiger partial charge in [-0.3, -0.25) is 0 Å². The second kappa shape index (κ2) is 6.72. The van der Waals surface area contributed by atoms with Gasteiger partial charge in [-0.2, -0.15) is 0 Å². The summed E-state index contributed by atoms with van der Waals surface area (Å²) in [6.07, 6.45) is 0. The zero-order valence-electron chi connectivity index (χ0n) is 18.7. The third kappa shape index (κ3) is 3.41. The molecule has 3 heteroatoms. The highest BCUT2D eigenvalue weighted by Gasteiger charge is 2.52. The molecule has 1 aliphatic heterocycles. The van der Waals surface area contributed by atoms with Crippen molar-refractivity contribution in [2.24, 2.45) is 0 Å². The predicted molar refractivity (Wildman–Crippen MR) is 124 cm³/mol. The first-order chi connectivity index (χ1) is 13.5. The van der Waals surface area contributed by atoms with E-state index in [4.69, 9.17) is 9.31 Å². The Labute approximate surface area is 175 Å². The number of hydrogen-bond acceptors (Lipinski definition) is 2. The van der Waals surface area contributed by atoms with Gasteiger partial charge in [0.25, 0.3) is 0 Å². The Kier molecular flexibility index (Phi) is 4.68. The van der Waals surface area contributed by atoms with Gasteiger partial charge in [0.15, 0.2) is 0 Å². The van der Waals surface area contributed by atoms with Gasteiger partial charge in [-0.15, -0.1) is 0 Å².